The van der Waals surface area contributed by atoms with E-state index in [1.807, 2.05) is 6.08 Å². The Hall–Kier alpha value is -1.49. The normalized spacial score (nSPS) is 15.3. The maximum atomic E-state index is 10.9. The molecule has 2 rings (SSSR count). The minimum Gasteiger partial charge on any atom is -0.259 e. The molecule has 1 aromatic rings. The Labute approximate surface area is 101 Å². The molecule has 1 aromatic heterocycles. The van der Waals surface area contributed by atoms with Gasteiger partial charge in [0, 0.05) is 11.8 Å². The summed E-state index contributed by atoms with van der Waals surface area (Å²) in [5.74, 6) is 0. The van der Waals surface area contributed by atoms with Gasteiger partial charge in [0.1, 0.15) is 4.60 Å². The first-order valence-electron chi connectivity index (χ1n) is 4.69. The zero-order valence-corrected chi connectivity index (χ0v) is 9.85. The van der Waals surface area contributed by atoms with Crippen molar-refractivity contribution < 1.29 is 4.92 Å². The first-order chi connectivity index (χ1) is 7.70. The Balaban J connectivity index is 2.57. The Kier molecular flexibility index (Phi) is 3.14. The smallest absolute Gasteiger partial charge is 0.258 e. The van der Waals surface area contributed by atoms with Gasteiger partial charge in [0.15, 0.2) is 0 Å². The van der Waals surface area contributed by atoms with Crippen LogP contribution in [0.25, 0.3) is 5.57 Å². The van der Waals surface area contributed by atoms with Gasteiger partial charge in [-0.25, -0.2) is 4.98 Å². The highest BCUT2D eigenvalue weighted by Gasteiger charge is 2.22. The molecule has 0 unspecified atom stereocenters. The minimum absolute atomic E-state index is 0.135. The molecule has 81 valence electrons. The van der Waals surface area contributed by atoms with Crippen LogP contribution in [0.2, 0.25) is 0 Å². The number of halogens is 1. The summed E-state index contributed by atoms with van der Waals surface area (Å²) < 4.78 is 0.615. The third-order valence-corrected chi connectivity index (χ3v) is 2.89. The van der Waals surface area contributed by atoms with E-state index >= 15 is 0 Å². The maximum Gasteiger partial charge on any atom is 0.258 e. The van der Waals surface area contributed by atoms with Crippen LogP contribution >= 0.6 is 15.9 Å². The van der Waals surface area contributed by atoms with Gasteiger partial charge in [-0.1, -0.05) is 12.2 Å². The van der Waals surface area contributed by atoms with Crippen LogP contribution in [0.4, 0.5) is 0 Å². The molecule has 0 atom stereocenters. The number of rotatable bonds is 2. The second kappa shape index (κ2) is 4.57. The molecular formula is C11H8BrN2O2. The van der Waals surface area contributed by atoms with Crippen molar-refractivity contribution in [3.63, 3.8) is 0 Å². The lowest BCUT2D eigenvalue weighted by Crippen LogP contribution is -2.06. The lowest BCUT2D eigenvalue weighted by molar-refractivity contribution is -0.420. The van der Waals surface area contributed by atoms with Crippen LogP contribution < -0.4 is 0 Å². The van der Waals surface area contributed by atoms with Gasteiger partial charge in [-0.05, 0) is 34.5 Å². The highest BCUT2D eigenvalue weighted by Crippen LogP contribution is 2.30. The molecule has 4 nitrogen and oxygen atoms in total. The van der Waals surface area contributed by atoms with Crippen molar-refractivity contribution in [1.29, 1.82) is 0 Å². The average Bonchev–Trinajstić information content (AvgIpc) is 2.29. The molecule has 1 aliphatic rings. The fraction of sp³-hybridized carbons (Fsp3) is 0.0909. The number of nitrogens with zero attached hydrogens (tertiary/aromatic N) is 2. The summed E-state index contributed by atoms with van der Waals surface area (Å²) in [5.41, 5.74) is 1.47. The molecular weight excluding hydrogens is 272 g/mol. The quantitative estimate of drug-likeness (QED) is 0.475. The Morgan fingerprint density at radius 1 is 1.50 bits per heavy atom. The van der Waals surface area contributed by atoms with Crippen LogP contribution in [0.15, 0.2) is 40.8 Å². The monoisotopic (exact) mass is 279 g/mol. The van der Waals surface area contributed by atoms with E-state index in [2.05, 4.69) is 20.9 Å². The number of hydrogen-bond donors (Lipinski definition) is 0. The summed E-state index contributed by atoms with van der Waals surface area (Å²) in [6.45, 7) is 0. The van der Waals surface area contributed by atoms with Gasteiger partial charge in [0.2, 0.25) is 0 Å². The molecule has 5 heteroatoms. The van der Waals surface area contributed by atoms with E-state index in [0.29, 0.717) is 16.6 Å². The Morgan fingerprint density at radius 2 is 2.31 bits per heavy atom. The summed E-state index contributed by atoms with van der Waals surface area (Å²) in [6, 6.07) is 3.56. The van der Waals surface area contributed by atoms with Crippen LogP contribution in [0.5, 0.6) is 0 Å². The first-order valence-corrected chi connectivity index (χ1v) is 5.49. The molecule has 0 aromatic carbocycles. The van der Waals surface area contributed by atoms with E-state index in [1.165, 1.54) is 0 Å². The molecule has 0 saturated heterocycles. The van der Waals surface area contributed by atoms with Gasteiger partial charge < -0.3 is 0 Å². The van der Waals surface area contributed by atoms with E-state index < -0.39 is 0 Å². The predicted molar refractivity (Wildman–Crippen MR) is 63.9 cm³/mol. The van der Waals surface area contributed by atoms with Crippen molar-refractivity contribution >= 4 is 21.5 Å². The largest absolute Gasteiger partial charge is 0.259 e. The summed E-state index contributed by atoms with van der Waals surface area (Å²) in [4.78, 5) is 14.6. The fourth-order valence-electron chi connectivity index (χ4n) is 1.55. The predicted octanol–water partition coefficient (Wildman–Crippen LogP) is 3.00. The SMILES string of the molecule is O=[N+]([O-])C1=C(c2cccnc2Br)C=CC[CH]1. The van der Waals surface area contributed by atoms with Crippen LogP contribution in [-0.2, 0) is 0 Å². The summed E-state index contributed by atoms with van der Waals surface area (Å²) in [5, 5.41) is 10.9. The number of aromatic nitrogens is 1. The molecule has 0 saturated carbocycles. The lowest BCUT2D eigenvalue weighted by atomic mass is 9.98. The van der Waals surface area contributed by atoms with Crippen molar-refractivity contribution in [3.8, 4) is 0 Å². The van der Waals surface area contributed by atoms with Gasteiger partial charge in [0.25, 0.3) is 5.70 Å². The average molecular weight is 280 g/mol. The summed E-state index contributed by atoms with van der Waals surface area (Å²) in [7, 11) is 0. The highest BCUT2D eigenvalue weighted by atomic mass is 79.9. The van der Waals surface area contributed by atoms with Crippen LogP contribution in [0.3, 0.4) is 0 Å². The first kappa shape index (κ1) is 11.0. The third kappa shape index (κ3) is 2.04. The van der Waals surface area contributed by atoms with E-state index in [0.717, 1.165) is 5.56 Å². The van der Waals surface area contributed by atoms with Crippen molar-refractivity contribution in [3.05, 3.63) is 62.9 Å². The van der Waals surface area contributed by atoms with Crippen LogP contribution in [0, 0.1) is 16.5 Å². The highest BCUT2D eigenvalue weighted by molar-refractivity contribution is 9.10. The Bertz CT molecular complexity index is 495. The van der Waals surface area contributed by atoms with Gasteiger partial charge in [-0.15, -0.1) is 0 Å². The maximum absolute atomic E-state index is 10.9. The molecule has 0 fully saturated rings. The lowest BCUT2D eigenvalue weighted by Gasteiger charge is -2.09. The van der Waals surface area contributed by atoms with Gasteiger partial charge in [-0.2, -0.15) is 0 Å². The molecule has 1 radical (unpaired) electrons. The van der Waals surface area contributed by atoms with E-state index in [4.69, 9.17) is 0 Å². The van der Waals surface area contributed by atoms with E-state index in [-0.39, 0.29) is 10.6 Å². The van der Waals surface area contributed by atoms with Crippen molar-refractivity contribution in [2.45, 2.75) is 6.42 Å². The molecule has 0 bridgehead atoms. The molecule has 0 spiro atoms. The van der Waals surface area contributed by atoms with Crippen molar-refractivity contribution in [2.24, 2.45) is 0 Å². The molecule has 0 aliphatic heterocycles. The van der Waals surface area contributed by atoms with Crippen LogP contribution in [-0.4, -0.2) is 9.91 Å². The zero-order valence-electron chi connectivity index (χ0n) is 8.26. The van der Waals surface area contributed by atoms with Crippen molar-refractivity contribution in [2.75, 3.05) is 0 Å². The Morgan fingerprint density at radius 3 is 3.00 bits per heavy atom. The molecule has 1 aliphatic carbocycles. The second-order valence-electron chi connectivity index (χ2n) is 3.24. The number of nitro groups is 1. The van der Waals surface area contributed by atoms with Gasteiger partial charge >= 0.3 is 0 Å². The minimum atomic E-state index is -0.363. The standard InChI is InChI=1S/C11H8BrN2O2/c12-11-9(5-3-7-13-11)8-4-1-2-6-10(8)14(15)16/h1,3-7H,2H2. The molecule has 1 heterocycles. The van der Waals surface area contributed by atoms with Crippen LogP contribution in [0.1, 0.15) is 12.0 Å². The molecule has 0 amide bonds. The molecule has 16 heavy (non-hydrogen) atoms. The van der Waals surface area contributed by atoms with E-state index in [9.17, 15) is 10.1 Å². The number of pyridine rings is 1. The third-order valence-electron chi connectivity index (χ3n) is 2.25. The second-order valence-corrected chi connectivity index (χ2v) is 3.99. The van der Waals surface area contributed by atoms with Crippen molar-refractivity contribution in [1.82, 2.24) is 4.98 Å². The fourth-order valence-corrected chi connectivity index (χ4v) is 2.01. The van der Waals surface area contributed by atoms with Gasteiger partial charge in [0.05, 0.1) is 16.9 Å². The van der Waals surface area contributed by atoms with Gasteiger partial charge in [-0.3, -0.25) is 10.1 Å². The topological polar surface area (TPSA) is 56.0 Å². The number of hydrogen-bond acceptors (Lipinski definition) is 3. The molecule has 0 N–H and O–H groups in total. The number of allylic oxidation sites excluding steroid dienone is 4. The zero-order chi connectivity index (χ0) is 11.5. The van der Waals surface area contributed by atoms with E-state index in [1.54, 1.807) is 30.8 Å². The summed E-state index contributed by atoms with van der Waals surface area (Å²) in [6.07, 6.45) is 7.49. The summed E-state index contributed by atoms with van der Waals surface area (Å²) >= 11 is 3.29.